The number of aliphatic imine (C=N–C) groups is 1. The molecule has 0 aromatic carbocycles. The van der Waals surface area contributed by atoms with Crippen LogP contribution in [0.3, 0.4) is 0 Å². The Labute approximate surface area is 184 Å². The highest BCUT2D eigenvalue weighted by Gasteiger charge is 2.31. The third-order valence-corrected chi connectivity index (χ3v) is 4.34. The van der Waals surface area contributed by atoms with E-state index >= 15 is 0 Å². The first-order chi connectivity index (χ1) is 14.4. The van der Waals surface area contributed by atoms with Gasteiger partial charge in [0, 0.05) is 12.3 Å². The number of guanidine groups is 1. The number of hydrogen-bond donors (Lipinski definition) is 10. The van der Waals surface area contributed by atoms with Gasteiger partial charge in [-0.1, -0.05) is 0 Å². The molecule has 0 aliphatic heterocycles. The number of thiol groups is 1. The van der Waals surface area contributed by atoms with Gasteiger partial charge in [-0.15, -0.1) is 0 Å². The number of nitrogens with one attached hydrogen (secondary N) is 3. The molecular weight excluding hydrogens is 434 g/mol. The second kappa shape index (κ2) is 14.4. The van der Waals surface area contributed by atoms with Gasteiger partial charge in [0.05, 0.1) is 18.8 Å². The largest absolute Gasteiger partial charge is 0.480 e. The van der Waals surface area contributed by atoms with Gasteiger partial charge in [-0.25, -0.2) is 4.79 Å². The van der Waals surface area contributed by atoms with Gasteiger partial charge in [0.2, 0.25) is 17.7 Å². The molecule has 31 heavy (non-hydrogen) atoms. The second-order valence-electron chi connectivity index (χ2n) is 6.61. The van der Waals surface area contributed by atoms with Crippen molar-refractivity contribution in [3.63, 3.8) is 0 Å². The molecule has 15 heteroatoms. The molecule has 5 atom stereocenters. The number of hydrogen-bond acceptors (Lipinski definition) is 9. The Morgan fingerprint density at radius 2 is 1.61 bits per heavy atom. The number of aliphatic hydroxyl groups excluding tert-OH is 2. The van der Waals surface area contributed by atoms with Crippen LogP contribution in [0.5, 0.6) is 0 Å². The Bertz CT molecular complexity index is 658. The zero-order chi connectivity index (χ0) is 24.1. The lowest BCUT2D eigenvalue weighted by Crippen LogP contribution is -2.60. The summed E-state index contributed by atoms with van der Waals surface area (Å²) < 4.78 is 0. The molecule has 0 rings (SSSR count). The first kappa shape index (κ1) is 28.4. The van der Waals surface area contributed by atoms with Crippen molar-refractivity contribution >= 4 is 42.3 Å². The Morgan fingerprint density at radius 3 is 2.06 bits per heavy atom. The van der Waals surface area contributed by atoms with Crippen molar-refractivity contribution in [3.8, 4) is 0 Å². The van der Waals surface area contributed by atoms with Gasteiger partial charge >= 0.3 is 5.97 Å². The Hall–Kier alpha value is -2.62. The van der Waals surface area contributed by atoms with E-state index in [1.165, 1.54) is 6.92 Å². The van der Waals surface area contributed by atoms with E-state index in [0.29, 0.717) is 6.42 Å². The monoisotopic (exact) mass is 465 g/mol. The van der Waals surface area contributed by atoms with Crippen molar-refractivity contribution in [2.75, 3.05) is 18.9 Å². The third kappa shape index (κ3) is 10.8. The molecule has 0 aromatic heterocycles. The van der Waals surface area contributed by atoms with Crippen molar-refractivity contribution in [2.45, 2.75) is 50.0 Å². The van der Waals surface area contributed by atoms with Crippen molar-refractivity contribution in [1.82, 2.24) is 16.0 Å². The number of nitrogens with two attached hydrogens (primary N) is 3. The molecule has 3 amide bonds. The number of aliphatic carboxylic acids is 1. The molecular formula is C16H31N7O7S. The summed E-state index contributed by atoms with van der Waals surface area (Å²) in [5.74, 6) is -4.34. The molecule has 0 aliphatic carbocycles. The fraction of sp³-hybridized carbons (Fsp3) is 0.688. The molecule has 0 heterocycles. The molecule has 0 radical (unpaired) electrons. The number of aliphatic hydroxyl groups is 2. The lowest BCUT2D eigenvalue weighted by molar-refractivity contribution is -0.143. The van der Waals surface area contributed by atoms with E-state index in [0.717, 1.165) is 0 Å². The molecule has 14 nitrogen and oxygen atoms in total. The number of rotatable bonds is 14. The number of carbonyl (C=O) groups excluding carboxylic acids is 3. The van der Waals surface area contributed by atoms with Crippen LogP contribution < -0.4 is 33.2 Å². The Kier molecular flexibility index (Phi) is 13.2. The van der Waals surface area contributed by atoms with Crippen LogP contribution in [-0.2, 0) is 19.2 Å². The zero-order valence-electron chi connectivity index (χ0n) is 17.0. The predicted octanol–water partition coefficient (Wildman–Crippen LogP) is -4.79. The van der Waals surface area contributed by atoms with Crippen molar-refractivity contribution in [3.05, 3.63) is 0 Å². The minimum atomic E-state index is -1.57. The lowest BCUT2D eigenvalue weighted by atomic mass is 10.1. The third-order valence-electron chi connectivity index (χ3n) is 3.98. The Balaban J connectivity index is 4.97. The maximum absolute atomic E-state index is 12.5. The zero-order valence-corrected chi connectivity index (χ0v) is 17.9. The van der Waals surface area contributed by atoms with Crippen LogP contribution in [0, 0.1) is 0 Å². The molecule has 0 bridgehead atoms. The number of nitrogens with zero attached hydrogens (tertiary/aromatic N) is 1. The predicted molar refractivity (Wildman–Crippen MR) is 114 cm³/mol. The normalized spacial score (nSPS) is 15.5. The van der Waals surface area contributed by atoms with Crippen LogP contribution >= 0.6 is 12.6 Å². The van der Waals surface area contributed by atoms with Gasteiger partial charge < -0.3 is 48.5 Å². The molecule has 0 spiro atoms. The van der Waals surface area contributed by atoms with E-state index in [1.54, 1.807) is 0 Å². The van der Waals surface area contributed by atoms with Gasteiger partial charge in [-0.2, -0.15) is 12.6 Å². The van der Waals surface area contributed by atoms with E-state index in [9.17, 15) is 24.3 Å². The summed E-state index contributed by atoms with van der Waals surface area (Å²) in [5.41, 5.74) is 16.2. The smallest absolute Gasteiger partial charge is 0.328 e. The number of carbonyl (C=O) groups is 4. The fourth-order valence-corrected chi connectivity index (χ4v) is 2.49. The quantitative estimate of drug-likeness (QED) is 0.0506. The van der Waals surface area contributed by atoms with E-state index in [2.05, 4.69) is 28.3 Å². The summed E-state index contributed by atoms with van der Waals surface area (Å²) in [6, 6.07) is -5.32. The highest BCUT2D eigenvalue weighted by molar-refractivity contribution is 7.80. The molecule has 0 aliphatic rings. The molecule has 0 saturated heterocycles. The average Bonchev–Trinajstić information content (AvgIpc) is 2.69. The van der Waals surface area contributed by atoms with Gasteiger partial charge in [0.1, 0.15) is 18.1 Å². The van der Waals surface area contributed by atoms with Gasteiger partial charge in [-0.3, -0.25) is 19.4 Å². The fourth-order valence-electron chi connectivity index (χ4n) is 2.23. The van der Waals surface area contributed by atoms with Crippen molar-refractivity contribution in [2.24, 2.45) is 22.2 Å². The van der Waals surface area contributed by atoms with Crippen LogP contribution in [0.1, 0.15) is 19.8 Å². The first-order valence-corrected chi connectivity index (χ1v) is 9.92. The van der Waals surface area contributed by atoms with Crippen molar-refractivity contribution in [1.29, 1.82) is 0 Å². The highest BCUT2D eigenvalue weighted by atomic mass is 32.1. The van der Waals surface area contributed by atoms with E-state index in [-0.39, 0.29) is 24.7 Å². The van der Waals surface area contributed by atoms with E-state index in [4.69, 9.17) is 27.4 Å². The minimum absolute atomic E-state index is 0.0969. The number of carboxylic acid groups (broad SMARTS) is 1. The van der Waals surface area contributed by atoms with Crippen LogP contribution in [0.4, 0.5) is 0 Å². The van der Waals surface area contributed by atoms with Gasteiger partial charge in [0.15, 0.2) is 5.96 Å². The van der Waals surface area contributed by atoms with Crippen LogP contribution in [0.2, 0.25) is 0 Å². The van der Waals surface area contributed by atoms with E-state index < -0.39 is 60.6 Å². The van der Waals surface area contributed by atoms with Crippen molar-refractivity contribution < 1.29 is 34.5 Å². The summed E-state index contributed by atoms with van der Waals surface area (Å²) in [6.45, 7) is 0.645. The van der Waals surface area contributed by atoms with Gasteiger partial charge in [0.25, 0.3) is 0 Å². The highest BCUT2D eigenvalue weighted by Crippen LogP contribution is 2.01. The average molecular weight is 466 g/mol. The summed E-state index contributed by atoms with van der Waals surface area (Å²) in [4.78, 5) is 51.6. The maximum atomic E-state index is 12.5. The molecule has 0 fully saturated rings. The maximum Gasteiger partial charge on any atom is 0.328 e. The SMILES string of the molecule is CC(O)C(NC(=O)C(N)CCCN=C(N)N)C(=O)NC(CS)C(=O)NC(CO)C(=O)O. The molecule has 178 valence electrons. The van der Waals surface area contributed by atoms with Crippen LogP contribution in [0.25, 0.3) is 0 Å². The van der Waals surface area contributed by atoms with Crippen LogP contribution in [-0.4, -0.2) is 94.1 Å². The van der Waals surface area contributed by atoms with E-state index in [1.807, 2.05) is 5.32 Å². The summed E-state index contributed by atoms with van der Waals surface area (Å²) >= 11 is 3.93. The van der Waals surface area contributed by atoms with Gasteiger partial charge in [-0.05, 0) is 19.8 Å². The molecule has 0 aromatic rings. The number of carboxylic acids is 1. The van der Waals surface area contributed by atoms with Crippen LogP contribution in [0.15, 0.2) is 4.99 Å². The molecule has 5 unspecified atom stereocenters. The lowest BCUT2D eigenvalue weighted by Gasteiger charge is -2.25. The molecule has 0 saturated carbocycles. The summed E-state index contributed by atoms with van der Waals surface area (Å²) in [6.07, 6.45) is -0.739. The standard InChI is InChI=1S/C16H31N7O7S/c1-7(25)11(23-12(26)8(17)3-2-4-20-16(18)19)14(28)22-10(6-31)13(27)21-9(5-24)15(29)30/h7-11,24-25,31H,2-6,17H2,1H3,(H,21,27)(H,22,28)(H,23,26)(H,29,30)(H4,18,19,20). The summed E-state index contributed by atoms with van der Waals surface area (Å²) in [5, 5.41) is 34.3. The first-order valence-electron chi connectivity index (χ1n) is 9.29. The number of amides is 3. The second-order valence-corrected chi connectivity index (χ2v) is 6.97. The topological polar surface area (TPSA) is 255 Å². The molecule has 12 N–H and O–H groups in total. The summed E-state index contributed by atoms with van der Waals surface area (Å²) in [7, 11) is 0. The Morgan fingerprint density at radius 1 is 1.03 bits per heavy atom. The minimum Gasteiger partial charge on any atom is -0.480 e.